The molecule has 336 valence electrons. The summed E-state index contributed by atoms with van der Waals surface area (Å²) in [6.07, 6.45) is 8.86. The van der Waals surface area contributed by atoms with E-state index in [1.165, 1.54) is 0 Å². The van der Waals surface area contributed by atoms with Gasteiger partial charge >= 0.3 is 5.97 Å². The SMILES string of the molecule is C=C(C[C@@]12C[C@@H](C)C[C@@H](O1)[C@H]1O[C@]3(C[C@H]1O2)NC[C@H](C)C[C@@H]3C)[C@H]1O[C@@](O)([C@H](O)[C@@H]2C[C@H]3O[C@@]4(CC[C@]5(CC=C[C@@H](/C=C/CCC(=O)O)O5)O4)[C@H](C)C[C@H]3O2)C[C@H](O)[C@@H]1C. The van der Waals surface area contributed by atoms with Crippen molar-refractivity contribution in [3.05, 3.63) is 36.5 Å². The topological polar surface area (TPSA) is 184 Å². The van der Waals surface area contributed by atoms with E-state index in [0.717, 1.165) is 25.8 Å². The van der Waals surface area contributed by atoms with E-state index in [4.69, 9.17) is 43.0 Å². The normalized spacial score (nSPS) is 52.9. The first-order valence-electron chi connectivity index (χ1n) is 22.9. The molecule has 9 heterocycles. The van der Waals surface area contributed by atoms with Crippen molar-refractivity contribution in [2.24, 2.45) is 29.6 Å². The second-order valence-electron chi connectivity index (χ2n) is 20.5. The predicted octanol–water partition coefficient (Wildman–Crippen LogP) is 4.98. The maximum absolute atomic E-state index is 12.2. The summed E-state index contributed by atoms with van der Waals surface area (Å²) in [6.45, 7) is 16.1. The lowest BCUT2D eigenvalue weighted by molar-refractivity contribution is -0.367. The zero-order chi connectivity index (χ0) is 42.4. The van der Waals surface area contributed by atoms with Gasteiger partial charge in [0.15, 0.2) is 23.1 Å². The third-order valence-electron chi connectivity index (χ3n) is 15.6. The number of carboxylic acids is 1. The highest BCUT2D eigenvalue weighted by molar-refractivity contribution is 5.66. The lowest BCUT2D eigenvalue weighted by atomic mass is 9.78. The molecule has 3 spiro atoms. The number of carbonyl (C=O) groups is 1. The third-order valence-corrected chi connectivity index (χ3v) is 15.6. The summed E-state index contributed by atoms with van der Waals surface area (Å²) in [4.78, 5) is 10.9. The summed E-state index contributed by atoms with van der Waals surface area (Å²) in [6, 6.07) is 0. The molecular formula is C46H69NO13. The molecule has 0 amide bonds. The van der Waals surface area contributed by atoms with Crippen LogP contribution in [0.15, 0.2) is 36.5 Å². The summed E-state index contributed by atoms with van der Waals surface area (Å²) in [5.74, 6) is -4.91. The van der Waals surface area contributed by atoms with Gasteiger partial charge in [-0.25, -0.2) is 0 Å². The quantitative estimate of drug-likeness (QED) is 0.196. The molecule has 8 saturated heterocycles. The lowest BCUT2D eigenvalue weighted by Crippen LogP contribution is -2.61. The van der Waals surface area contributed by atoms with Crippen molar-refractivity contribution < 1.29 is 63.1 Å². The molecule has 0 aliphatic carbocycles. The van der Waals surface area contributed by atoms with E-state index in [0.29, 0.717) is 74.7 Å². The van der Waals surface area contributed by atoms with Crippen LogP contribution in [-0.2, 0) is 42.7 Å². The van der Waals surface area contributed by atoms with Gasteiger partial charge in [0.05, 0.1) is 48.8 Å². The Morgan fingerprint density at radius 1 is 0.900 bits per heavy atom. The van der Waals surface area contributed by atoms with E-state index < -0.39 is 71.3 Å². The lowest BCUT2D eigenvalue weighted by Gasteiger charge is -2.53. The van der Waals surface area contributed by atoms with E-state index in [1.807, 2.05) is 31.2 Å². The predicted molar refractivity (Wildman–Crippen MR) is 216 cm³/mol. The van der Waals surface area contributed by atoms with Crippen LogP contribution in [0.1, 0.15) is 118 Å². The third kappa shape index (κ3) is 7.91. The van der Waals surface area contributed by atoms with Crippen LogP contribution in [0.3, 0.4) is 0 Å². The minimum Gasteiger partial charge on any atom is -0.481 e. The molecule has 0 unspecified atom stereocenters. The van der Waals surface area contributed by atoms with Crippen LogP contribution in [0.4, 0.5) is 0 Å². The van der Waals surface area contributed by atoms with Crippen LogP contribution in [-0.4, -0.2) is 123 Å². The Balaban J connectivity index is 0.845. The van der Waals surface area contributed by atoms with Gasteiger partial charge in [-0.2, -0.15) is 0 Å². The number of rotatable bonds is 9. The largest absolute Gasteiger partial charge is 0.481 e. The monoisotopic (exact) mass is 843 g/mol. The Kier molecular flexibility index (Phi) is 11.6. The van der Waals surface area contributed by atoms with Crippen LogP contribution >= 0.6 is 0 Å². The molecule has 0 aromatic heterocycles. The number of hydrogen-bond acceptors (Lipinski definition) is 13. The number of aliphatic hydroxyl groups is 3. The Morgan fingerprint density at radius 3 is 2.48 bits per heavy atom. The van der Waals surface area contributed by atoms with Gasteiger partial charge in [0.25, 0.3) is 0 Å². The molecule has 5 N–H and O–H groups in total. The second-order valence-corrected chi connectivity index (χ2v) is 20.5. The molecule has 9 rings (SSSR count). The molecule has 0 radical (unpaired) electrons. The van der Waals surface area contributed by atoms with Gasteiger partial charge in [0.1, 0.15) is 17.9 Å². The van der Waals surface area contributed by atoms with E-state index in [9.17, 15) is 20.1 Å². The number of nitrogens with one attached hydrogen (secondary N) is 1. The number of aliphatic carboxylic acids is 1. The zero-order valence-electron chi connectivity index (χ0n) is 36.0. The number of ether oxygens (including phenoxy) is 8. The first-order chi connectivity index (χ1) is 28.4. The average Bonchev–Trinajstić information content (AvgIpc) is 3.87. The van der Waals surface area contributed by atoms with Gasteiger partial charge in [-0.1, -0.05) is 65.5 Å². The van der Waals surface area contributed by atoms with Gasteiger partial charge < -0.3 is 58.3 Å². The van der Waals surface area contributed by atoms with Crippen molar-refractivity contribution in [2.45, 2.75) is 208 Å². The van der Waals surface area contributed by atoms with Gasteiger partial charge in [-0.05, 0) is 49.0 Å². The molecular weight excluding hydrogens is 775 g/mol. The van der Waals surface area contributed by atoms with Crippen LogP contribution in [0, 0.1) is 29.6 Å². The fourth-order valence-corrected chi connectivity index (χ4v) is 12.5. The van der Waals surface area contributed by atoms with Crippen molar-refractivity contribution in [3.63, 3.8) is 0 Å². The molecule has 9 aliphatic rings. The highest BCUT2D eigenvalue weighted by Gasteiger charge is 2.64. The molecule has 14 heteroatoms. The minimum absolute atomic E-state index is 0.0502. The fourth-order valence-electron chi connectivity index (χ4n) is 12.5. The summed E-state index contributed by atoms with van der Waals surface area (Å²) in [5, 5.41) is 48.3. The Morgan fingerprint density at radius 2 is 1.70 bits per heavy atom. The highest BCUT2D eigenvalue weighted by atomic mass is 16.8. The van der Waals surface area contributed by atoms with Gasteiger partial charge in [0, 0.05) is 76.2 Å². The molecule has 20 atom stereocenters. The van der Waals surface area contributed by atoms with Crippen molar-refractivity contribution in [1.29, 1.82) is 0 Å². The number of carboxylic acid groups (broad SMARTS) is 1. The molecule has 8 fully saturated rings. The van der Waals surface area contributed by atoms with Crippen LogP contribution in [0.25, 0.3) is 0 Å². The minimum atomic E-state index is -2.12. The van der Waals surface area contributed by atoms with E-state index in [-0.39, 0.29) is 49.3 Å². The van der Waals surface area contributed by atoms with Crippen molar-refractivity contribution in [1.82, 2.24) is 5.32 Å². The van der Waals surface area contributed by atoms with Gasteiger partial charge in [-0.3, -0.25) is 10.1 Å². The average molecular weight is 844 g/mol. The van der Waals surface area contributed by atoms with E-state index >= 15 is 0 Å². The zero-order valence-corrected chi connectivity index (χ0v) is 36.0. The second kappa shape index (κ2) is 16.0. The number of hydrogen-bond donors (Lipinski definition) is 5. The first kappa shape index (κ1) is 43.5. The number of piperidine rings is 1. The fraction of sp³-hybridized carbons (Fsp3) is 0.848. The van der Waals surface area contributed by atoms with Gasteiger partial charge in [-0.15, -0.1) is 0 Å². The van der Waals surface area contributed by atoms with Crippen LogP contribution in [0.2, 0.25) is 0 Å². The summed E-state index contributed by atoms with van der Waals surface area (Å²) >= 11 is 0. The smallest absolute Gasteiger partial charge is 0.303 e. The standard InChI is InChI=1S/C46H69NO13/c1-25-17-35-40-37(23-44(58-40)28(4)16-26(2)24-47-44)56-43(20-25,55-35)21-27(3)39-30(6)32(48)22-45(52,59-39)41(51)36-19-34-33(53-36)18-29(5)46(57-34)15-14-42(60-46)13-9-11-31(54-42)10-7-8-12-38(49)50/h7,9-11,25-26,28-37,39-41,47-48,51-52H,3,8,12-24H2,1-2,4-6H3,(H,49,50)/b10-7+/t25-,26+,28-,29+,30-,31+,32-,33+,34+,35+,36-,37+,39+,40+,41+,42-,43-,44-,45+,46+/m0/s1. The van der Waals surface area contributed by atoms with Crippen molar-refractivity contribution in [2.75, 3.05) is 6.54 Å². The molecule has 2 bridgehead atoms. The molecule has 14 nitrogen and oxygen atoms in total. The molecule has 0 saturated carbocycles. The maximum Gasteiger partial charge on any atom is 0.303 e. The summed E-state index contributed by atoms with van der Waals surface area (Å²) < 4.78 is 53.6. The summed E-state index contributed by atoms with van der Waals surface area (Å²) in [7, 11) is 0. The summed E-state index contributed by atoms with van der Waals surface area (Å²) in [5.41, 5.74) is 0.197. The molecule has 0 aromatic carbocycles. The number of fused-ring (bicyclic) bond motifs is 5. The van der Waals surface area contributed by atoms with Crippen molar-refractivity contribution >= 4 is 5.97 Å². The Bertz CT molecular complexity index is 1690. The first-order valence-corrected chi connectivity index (χ1v) is 22.9. The number of allylic oxidation sites excluding steroid dienone is 1. The Labute approximate surface area is 354 Å². The molecule has 9 aliphatic heterocycles. The van der Waals surface area contributed by atoms with Crippen LogP contribution < -0.4 is 5.32 Å². The number of aliphatic hydroxyl groups excluding tert-OH is 2. The Hall–Kier alpha value is -1.79. The molecule has 0 aromatic rings. The van der Waals surface area contributed by atoms with E-state index in [1.54, 1.807) is 0 Å². The van der Waals surface area contributed by atoms with Crippen LogP contribution in [0.5, 0.6) is 0 Å². The molecule has 60 heavy (non-hydrogen) atoms. The van der Waals surface area contributed by atoms with E-state index in [2.05, 4.69) is 39.6 Å². The van der Waals surface area contributed by atoms with Crippen molar-refractivity contribution in [3.8, 4) is 0 Å². The maximum atomic E-state index is 12.2. The van der Waals surface area contributed by atoms with Gasteiger partial charge in [0.2, 0.25) is 0 Å². The highest BCUT2D eigenvalue weighted by Crippen LogP contribution is 2.55.